The van der Waals surface area contributed by atoms with Crippen LogP contribution in [0.25, 0.3) is 5.76 Å². The molecule has 116 valence electrons. The molecule has 0 fully saturated rings. The molecule has 0 radical (unpaired) electrons. The highest BCUT2D eigenvalue weighted by Crippen LogP contribution is 2.60. The first-order chi connectivity index (χ1) is 11.1. The summed E-state index contributed by atoms with van der Waals surface area (Å²) >= 11 is 3.44. The summed E-state index contributed by atoms with van der Waals surface area (Å²) in [5.74, 6) is 0.931. The van der Waals surface area contributed by atoms with Crippen molar-refractivity contribution >= 4 is 34.3 Å². The van der Waals surface area contributed by atoms with Crippen LogP contribution in [0.4, 0.5) is 0 Å². The van der Waals surface area contributed by atoms with Gasteiger partial charge in [-0.05, 0) is 25.6 Å². The van der Waals surface area contributed by atoms with Crippen molar-refractivity contribution < 1.29 is 4.74 Å². The fourth-order valence-electron chi connectivity index (χ4n) is 2.67. The lowest BCUT2D eigenvalue weighted by molar-refractivity contribution is 0.160. The Balaban J connectivity index is 1.62. The molecule has 23 heavy (non-hydrogen) atoms. The Bertz CT molecular complexity index is 780. The van der Waals surface area contributed by atoms with Crippen molar-refractivity contribution in [3.05, 3.63) is 77.2 Å². The second kappa shape index (κ2) is 5.46. The van der Waals surface area contributed by atoms with E-state index in [-0.39, 0.29) is 5.54 Å². The smallest absolute Gasteiger partial charge is 0.235 e. The number of hydrogen-bond donors (Lipinski definition) is 0. The van der Waals surface area contributed by atoms with Gasteiger partial charge in [-0.2, -0.15) is 0 Å². The molecule has 4 rings (SSSR count). The van der Waals surface area contributed by atoms with Crippen LogP contribution < -0.4 is 0 Å². The fraction of sp³-hybridized carbons (Fsp3) is 0.211. The molecule has 2 aliphatic heterocycles. The summed E-state index contributed by atoms with van der Waals surface area (Å²) in [5, 5.41) is 3.17. The van der Waals surface area contributed by atoms with Gasteiger partial charge in [-0.25, -0.2) is 0 Å². The maximum Gasteiger partial charge on any atom is 0.235 e. The minimum atomic E-state index is -0.427. The van der Waals surface area contributed by atoms with E-state index in [1.807, 2.05) is 36.4 Å². The molecule has 0 aliphatic carbocycles. The highest BCUT2D eigenvalue weighted by atomic mass is 32.2. The van der Waals surface area contributed by atoms with Gasteiger partial charge in [-0.3, -0.25) is 4.99 Å². The highest BCUT2D eigenvalue weighted by Gasteiger charge is 2.57. The van der Waals surface area contributed by atoms with Gasteiger partial charge >= 0.3 is 0 Å². The third-order valence-electron chi connectivity index (χ3n) is 4.01. The van der Waals surface area contributed by atoms with E-state index >= 15 is 0 Å². The van der Waals surface area contributed by atoms with E-state index < -0.39 is 4.27 Å². The average molecular weight is 339 g/mol. The van der Waals surface area contributed by atoms with Crippen molar-refractivity contribution in [1.82, 2.24) is 0 Å². The minimum absolute atomic E-state index is 0.305. The van der Waals surface area contributed by atoms with Crippen LogP contribution in [0.1, 0.15) is 25.0 Å². The summed E-state index contributed by atoms with van der Waals surface area (Å²) in [4.78, 5) is 4.95. The molecule has 2 aliphatic rings. The average Bonchev–Trinajstić information content (AvgIpc) is 3.12. The molecule has 2 aromatic rings. The first-order valence-electron chi connectivity index (χ1n) is 7.56. The molecular weight excluding hydrogens is 322 g/mol. The van der Waals surface area contributed by atoms with E-state index in [4.69, 9.17) is 9.73 Å². The van der Waals surface area contributed by atoms with Crippen molar-refractivity contribution in [2.24, 2.45) is 4.99 Å². The van der Waals surface area contributed by atoms with Gasteiger partial charge in [0, 0.05) is 16.5 Å². The maximum absolute atomic E-state index is 6.44. The van der Waals surface area contributed by atoms with Crippen LogP contribution in [0.15, 0.2) is 71.1 Å². The van der Waals surface area contributed by atoms with Gasteiger partial charge in [-0.1, -0.05) is 72.4 Å². The zero-order chi connectivity index (χ0) is 15.9. The Morgan fingerprint density at radius 2 is 1.48 bits per heavy atom. The van der Waals surface area contributed by atoms with E-state index in [0.29, 0.717) is 0 Å². The summed E-state index contributed by atoms with van der Waals surface area (Å²) < 4.78 is 6.01. The molecular formula is C19H17NOS2. The summed E-state index contributed by atoms with van der Waals surface area (Å²) in [7, 11) is 0. The van der Waals surface area contributed by atoms with Gasteiger partial charge < -0.3 is 4.74 Å². The molecule has 0 aromatic heterocycles. The molecule has 4 heteroatoms. The molecule has 0 saturated carbocycles. The van der Waals surface area contributed by atoms with Gasteiger partial charge in [0.1, 0.15) is 16.3 Å². The van der Waals surface area contributed by atoms with Crippen molar-refractivity contribution in [2.75, 3.05) is 0 Å². The Hall–Kier alpha value is -1.65. The first kappa shape index (κ1) is 14.9. The Morgan fingerprint density at radius 3 is 2.13 bits per heavy atom. The minimum Gasteiger partial charge on any atom is -0.463 e. The number of thioether (sulfide) groups is 2. The van der Waals surface area contributed by atoms with Crippen LogP contribution >= 0.6 is 23.5 Å². The van der Waals surface area contributed by atoms with Gasteiger partial charge in [0.05, 0.1) is 0 Å². The second-order valence-electron chi connectivity index (χ2n) is 6.07. The molecule has 2 aromatic carbocycles. The number of benzene rings is 2. The number of nitrogens with zero attached hydrogens (tertiary/aromatic N) is 1. The van der Waals surface area contributed by atoms with Crippen molar-refractivity contribution in [3.8, 4) is 0 Å². The second-order valence-corrected chi connectivity index (χ2v) is 8.54. The zero-order valence-corrected chi connectivity index (χ0v) is 14.7. The molecule has 1 atom stereocenters. The monoisotopic (exact) mass is 339 g/mol. The standard InChI is InChI=1S/C19H17NOS2/c1-18(2)19(23-17(20-18)15-11-7-4-8-12-15)21-16(13-22-19)14-9-5-3-6-10-14/h3-13H,1-2H3. The van der Waals surface area contributed by atoms with E-state index in [1.54, 1.807) is 23.5 Å². The Kier molecular flexibility index (Phi) is 3.54. The van der Waals surface area contributed by atoms with E-state index in [0.717, 1.165) is 21.9 Å². The predicted molar refractivity (Wildman–Crippen MR) is 100 cm³/mol. The first-order valence-corrected chi connectivity index (χ1v) is 9.26. The lowest BCUT2D eigenvalue weighted by Gasteiger charge is -2.33. The van der Waals surface area contributed by atoms with Crippen molar-refractivity contribution in [2.45, 2.75) is 23.7 Å². The lowest BCUT2D eigenvalue weighted by Crippen LogP contribution is -2.40. The van der Waals surface area contributed by atoms with Crippen LogP contribution in [0, 0.1) is 0 Å². The third kappa shape index (κ3) is 2.50. The van der Waals surface area contributed by atoms with Crippen LogP contribution in [0.2, 0.25) is 0 Å². The zero-order valence-electron chi connectivity index (χ0n) is 13.0. The van der Waals surface area contributed by atoms with E-state index in [1.165, 1.54) is 0 Å². The van der Waals surface area contributed by atoms with E-state index in [2.05, 4.69) is 43.5 Å². The van der Waals surface area contributed by atoms with Gasteiger partial charge in [0.2, 0.25) is 4.27 Å². The third-order valence-corrected chi connectivity index (χ3v) is 7.14. The van der Waals surface area contributed by atoms with Crippen LogP contribution in [0.5, 0.6) is 0 Å². The summed E-state index contributed by atoms with van der Waals surface area (Å²) in [5.41, 5.74) is 1.96. The van der Waals surface area contributed by atoms with Crippen LogP contribution in [-0.4, -0.2) is 14.8 Å². The number of aliphatic imine (C=N–C) groups is 1. The molecule has 0 amide bonds. The Labute approximate surface area is 145 Å². The van der Waals surface area contributed by atoms with Crippen molar-refractivity contribution in [3.63, 3.8) is 0 Å². The maximum atomic E-state index is 6.44. The van der Waals surface area contributed by atoms with Gasteiger partial charge in [0.15, 0.2) is 0 Å². The van der Waals surface area contributed by atoms with Gasteiger partial charge in [0.25, 0.3) is 0 Å². The van der Waals surface area contributed by atoms with Crippen molar-refractivity contribution in [1.29, 1.82) is 0 Å². The molecule has 1 unspecified atom stereocenters. The highest BCUT2D eigenvalue weighted by molar-refractivity contribution is 8.27. The molecule has 0 N–H and O–H groups in total. The topological polar surface area (TPSA) is 21.6 Å². The lowest BCUT2D eigenvalue weighted by atomic mass is 10.1. The molecule has 2 nitrogen and oxygen atoms in total. The SMILES string of the molecule is CC1(C)N=C(c2ccccc2)SC12OC(c1ccccc1)=CS2. The molecule has 2 heterocycles. The van der Waals surface area contributed by atoms with Gasteiger partial charge in [-0.15, -0.1) is 0 Å². The molecule has 1 spiro atoms. The van der Waals surface area contributed by atoms with Crippen LogP contribution in [0.3, 0.4) is 0 Å². The number of rotatable bonds is 2. The largest absolute Gasteiger partial charge is 0.463 e. The quantitative estimate of drug-likeness (QED) is 0.734. The summed E-state index contributed by atoms with van der Waals surface area (Å²) in [6.07, 6.45) is 0. The fourth-order valence-corrected chi connectivity index (χ4v) is 5.37. The summed E-state index contributed by atoms with van der Waals surface area (Å²) in [6, 6.07) is 20.6. The summed E-state index contributed by atoms with van der Waals surface area (Å²) in [6.45, 7) is 4.29. The molecule has 0 saturated heterocycles. The number of hydrogen-bond acceptors (Lipinski definition) is 4. The van der Waals surface area contributed by atoms with E-state index in [9.17, 15) is 0 Å². The number of ether oxygens (including phenoxy) is 1. The molecule has 0 bridgehead atoms. The van der Waals surface area contributed by atoms with Crippen LogP contribution in [-0.2, 0) is 4.74 Å². The normalized spacial score (nSPS) is 25.1. The predicted octanol–water partition coefficient (Wildman–Crippen LogP) is 5.37. The Morgan fingerprint density at radius 1 is 0.870 bits per heavy atom.